The van der Waals surface area contributed by atoms with Crippen LogP contribution >= 0.6 is 11.8 Å². The van der Waals surface area contributed by atoms with Gasteiger partial charge in [-0.25, -0.2) is 0 Å². The molecule has 0 amide bonds. The molecule has 21 heavy (non-hydrogen) atoms. The molecule has 0 radical (unpaired) electrons. The summed E-state index contributed by atoms with van der Waals surface area (Å²) in [6.07, 6.45) is 3.93. The highest BCUT2D eigenvalue weighted by Crippen LogP contribution is 2.20. The van der Waals surface area contributed by atoms with Crippen molar-refractivity contribution in [1.29, 1.82) is 0 Å². The maximum Gasteiger partial charge on any atom is 0.0644 e. The fourth-order valence-corrected chi connectivity index (χ4v) is 2.48. The molecule has 116 valence electrons. The van der Waals surface area contributed by atoms with E-state index in [1.165, 1.54) is 35.5 Å². The van der Waals surface area contributed by atoms with E-state index in [0.29, 0.717) is 0 Å². The minimum Gasteiger partial charge on any atom is -0.359 e. The van der Waals surface area contributed by atoms with Crippen LogP contribution in [0.15, 0.2) is 34.3 Å². The molecular formula is C17H27N3S. The number of nitrogens with zero attached hydrogens (tertiary/aromatic N) is 1. The molecule has 4 heteroatoms. The van der Waals surface area contributed by atoms with Gasteiger partial charge in [0.2, 0.25) is 0 Å². The van der Waals surface area contributed by atoms with Crippen molar-refractivity contribution in [2.24, 2.45) is 10.8 Å². The number of hydrogen-bond acceptors (Lipinski definition) is 4. The zero-order valence-electron chi connectivity index (χ0n) is 13.6. The van der Waals surface area contributed by atoms with Crippen LogP contribution in [0.25, 0.3) is 0 Å². The highest BCUT2D eigenvalue weighted by molar-refractivity contribution is 7.99. The van der Waals surface area contributed by atoms with Crippen LogP contribution in [0, 0.1) is 12.0 Å². The summed E-state index contributed by atoms with van der Waals surface area (Å²) in [5.41, 5.74) is 9.68. The summed E-state index contributed by atoms with van der Waals surface area (Å²) >= 11 is 1.94. The lowest BCUT2D eigenvalue weighted by atomic mass is 10.1. The Kier molecular flexibility index (Phi) is 12.4. The Hall–Kier alpha value is -1.60. The quantitative estimate of drug-likeness (QED) is 0.201. The zero-order valence-corrected chi connectivity index (χ0v) is 14.4. The van der Waals surface area contributed by atoms with Crippen LogP contribution in [0.1, 0.15) is 45.6 Å². The van der Waals surface area contributed by atoms with E-state index in [0.717, 1.165) is 5.71 Å². The Morgan fingerprint density at radius 3 is 2.38 bits per heavy atom. The summed E-state index contributed by atoms with van der Waals surface area (Å²) < 4.78 is 0. The van der Waals surface area contributed by atoms with Crippen LogP contribution in [0.2, 0.25) is 0 Å². The number of rotatable bonds is 7. The first-order chi connectivity index (χ1) is 10.2. The maximum absolute atomic E-state index is 4.67. The molecule has 0 atom stereocenters. The Morgan fingerprint density at radius 1 is 1.29 bits per heavy atom. The van der Waals surface area contributed by atoms with Gasteiger partial charge in [0.15, 0.2) is 0 Å². The summed E-state index contributed by atoms with van der Waals surface area (Å²) in [5, 5.41) is 4.17. The third kappa shape index (κ3) is 9.86. The molecule has 0 spiro atoms. The molecule has 3 nitrogen and oxygen atoms in total. The Labute approximate surface area is 133 Å². The van der Waals surface area contributed by atoms with Crippen molar-refractivity contribution < 1.29 is 0 Å². The molecule has 0 saturated heterocycles. The number of hydrazone groups is 1. The van der Waals surface area contributed by atoms with Gasteiger partial charge in [-0.15, -0.1) is 11.8 Å². The first-order valence-corrected chi connectivity index (χ1v) is 8.24. The average Bonchev–Trinajstić information content (AvgIpc) is 2.52. The predicted octanol–water partition coefficient (Wildman–Crippen LogP) is 3.84. The fourth-order valence-electron chi connectivity index (χ4n) is 1.57. The summed E-state index contributed by atoms with van der Waals surface area (Å²) in [7, 11) is 1.82. The van der Waals surface area contributed by atoms with Gasteiger partial charge in [-0.3, -0.25) is 0 Å². The van der Waals surface area contributed by atoms with Crippen molar-refractivity contribution in [3.63, 3.8) is 0 Å². The number of nitrogens with one attached hydrogen (secondary N) is 1. The Morgan fingerprint density at radius 2 is 1.90 bits per heavy atom. The van der Waals surface area contributed by atoms with Crippen molar-refractivity contribution in [3.05, 3.63) is 29.8 Å². The minimum absolute atomic E-state index is 1.02. The molecule has 0 bridgehead atoms. The molecule has 0 heterocycles. The first kappa shape index (κ1) is 19.4. The maximum atomic E-state index is 4.67. The predicted molar refractivity (Wildman–Crippen MR) is 95.6 cm³/mol. The fraction of sp³-hybridized carbons (Fsp3) is 0.471. The van der Waals surface area contributed by atoms with Crippen LogP contribution in [-0.4, -0.2) is 18.5 Å². The summed E-state index contributed by atoms with van der Waals surface area (Å²) in [5.74, 6) is 3.68. The smallest absolute Gasteiger partial charge is 0.0644 e. The summed E-state index contributed by atoms with van der Waals surface area (Å²) in [4.78, 5) is 1.35. The van der Waals surface area contributed by atoms with Crippen LogP contribution in [0.5, 0.6) is 0 Å². The van der Waals surface area contributed by atoms with Gasteiger partial charge in [0, 0.05) is 18.0 Å². The van der Waals surface area contributed by atoms with Gasteiger partial charge >= 0.3 is 0 Å². The lowest BCUT2D eigenvalue weighted by Crippen LogP contribution is -2.02. The van der Waals surface area contributed by atoms with E-state index in [1.807, 2.05) is 25.7 Å². The van der Waals surface area contributed by atoms with E-state index in [-0.39, 0.29) is 0 Å². The van der Waals surface area contributed by atoms with Crippen molar-refractivity contribution >= 4 is 17.5 Å². The molecule has 0 aliphatic heterocycles. The topological polar surface area (TPSA) is 50.4 Å². The van der Waals surface area contributed by atoms with Crippen molar-refractivity contribution in [1.82, 2.24) is 5.43 Å². The monoisotopic (exact) mass is 305 g/mol. The molecule has 1 aromatic rings. The molecule has 0 unspecified atom stereocenters. The van der Waals surface area contributed by atoms with E-state index in [9.17, 15) is 0 Å². The minimum atomic E-state index is 1.02. The van der Waals surface area contributed by atoms with Crippen LogP contribution in [0.3, 0.4) is 0 Å². The number of hydrogen-bond donors (Lipinski definition) is 2. The van der Waals surface area contributed by atoms with Crippen molar-refractivity contribution in [2.75, 3.05) is 12.8 Å². The van der Waals surface area contributed by atoms with Gasteiger partial charge in [-0.1, -0.05) is 37.8 Å². The van der Waals surface area contributed by atoms with Gasteiger partial charge in [0.25, 0.3) is 0 Å². The number of thioether (sulfide) groups is 1. The van der Waals surface area contributed by atoms with Gasteiger partial charge in [-0.05, 0) is 43.7 Å². The first-order valence-electron chi connectivity index (χ1n) is 7.26. The van der Waals surface area contributed by atoms with Gasteiger partial charge in [0.05, 0.1) is 5.71 Å². The molecule has 0 saturated carbocycles. The van der Waals surface area contributed by atoms with Crippen molar-refractivity contribution in [3.8, 4) is 12.0 Å². The molecule has 1 aromatic carbocycles. The number of unbranched alkanes of at least 4 members (excludes halogenated alkanes) is 2. The largest absolute Gasteiger partial charge is 0.359 e. The normalized spacial score (nSPS) is 10.0. The lowest BCUT2D eigenvalue weighted by molar-refractivity contribution is 0.778. The standard InChI is InChI=1S/C14H22N2S.C3H5N/c1-4-5-6-11-17-14-9-7-13(8-10-14)12(2)16-15-3;1-2-3-4/h7-10,15H,4-6,11H2,1-3H3;4H2,1H3/b16-12+;. The third-order valence-electron chi connectivity index (χ3n) is 2.71. The van der Waals surface area contributed by atoms with Crippen LogP contribution < -0.4 is 11.2 Å². The van der Waals surface area contributed by atoms with E-state index in [4.69, 9.17) is 0 Å². The highest BCUT2D eigenvalue weighted by Gasteiger charge is 1.98. The molecule has 0 fully saturated rings. The molecule has 0 aliphatic rings. The van der Waals surface area contributed by atoms with E-state index in [1.54, 1.807) is 6.92 Å². The van der Waals surface area contributed by atoms with Gasteiger partial charge in [0.1, 0.15) is 0 Å². The van der Waals surface area contributed by atoms with Crippen LogP contribution in [0.4, 0.5) is 0 Å². The number of benzene rings is 1. The third-order valence-corrected chi connectivity index (χ3v) is 3.81. The average molecular weight is 305 g/mol. The second kappa shape index (κ2) is 13.4. The lowest BCUT2D eigenvalue weighted by Gasteiger charge is -2.04. The molecule has 0 aliphatic carbocycles. The summed E-state index contributed by atoms with van der Waals surface area (Å²) in [6, 6.07) is 10.8. The second-order valence-corrected chi connectivity index (χ2v) is 5.56. The molecule has 1 rings (SSSR count). The van der Waals surface area contributed by atoms with Crippen molar-refractivity contribution in [2.45, 2.75) is 44.9 Å². The highest BCUT2D eigenvalue weighted by atomic mass is 32.2. The SMILES string of the molecule is CC#CN.CCCCCSc1ccc(/C(C)=N/NC)cc1. The van der Waals surface area contributed by atoms with Crippen LogP contribution in [-0.2, 0) is 0 Å². The molecule has 3 N–H and O–H groups in total. The van der Waals surface area contributed by atoms with Gasteiger partial charge in [-0.2, -0.15) is 5.10 Å². The Balaban J connectivity index is 0.000000885. The number of nitrogens with two attached hydrogens (primary N) is 1. The van der Waals surface area contributed by atoms with E-state index >= 15 is 0 Å². The molecule has 0 aromatic heterocycles. The summed E-state index contributed by atoms with van der Waals surface area (Å²) in [6.45, 7) is 5.95. The van der Waals surface area contributed by atoms with Gasteiger partial charge < -0.3 is 11.2 Å². The zero-order chi connectivity index (χ0) is 15.9. The Bertz CT molecular complexity index is 449. The molecular weight excluding hydrogens is 278 g/mol. The van der Waals surface area contributed by atoms with E-state index < -0.39 is 0 Å². The second-order valence-electron chi connectivity index (χ2n) is 4.40. The van der Waals surface area contributed by atoms with E-state index in [2.05, 4.69) is 59.4 Å².